The minimum absolute atomic E-state index is 0.00796. The molecule has 5 rings (SSSR count). The Balaban J connectivity index is 1.51. The highest BCUT2D eigenvalue weighted by Gasteiger charge is 2.33. The summed E-state index contributed by atoms with van der Waals surface area (Å²) in [5.74, 6) is -0.710. The molecule has 0 spiro atoms. The number of rotatable bonds is 7. The maximum absolute atomic E-state index is 13.8. The fourth-order valence-electron chi connectivity index (χ4n) is 5.28. The number of nitrogens with zero attached hydrogens (tertiary/aromatic N) is 5. The van der Waals surface area contributed by atoms with E-state index in [9.17, 15) is 18.4 Å². The van der Waals surface area contributed by atoms with E-state index in [0.717, 1.165) is 18.5 Å². The Kier molecular flexibility index (Phi) is 7.96. The number of aromatic nitrogens is 4. The summed E-state index contributed by atoms with van der Waals surface area (Å²) >= 11 is 6.55. The molecular formula is C26H29ClF2N6O4. The first-order chi connectivity index (χ1) is 18.8. The van der Waals surface area contributed by atoms with E-state index >= 15 is 0 Å². The lowest BCUT2D eigenvalue weighted by Gasteiger charge is -2.31. The lowest BCUT2D eigenvalue weighted by atomic mass is 10.00. The predicted molar refractivity (Wildman–Crippen MR) is 139 cm³/mol. The summed E-state index contributed by atoms with van der Waals surface area (Å²) < 4.78 is 36.1. The fraction of sp³-hybridized carbons (Fsp3) is 0.462. The Bertz CT molecular complexity index is 1420. The highest BCUT2D eigenvalue weighted by atomic mass is 35.5. The Hall–Kier alpha value is -3.35. The Morgan fingerprint density at radius 3 is 2.72 bits per heavy atom. The summed E-state index contributed by atoms with van der Waals surface area (Å²) in [6.45, 7) is 2.95. The van der Waals surface area contributed by atoms with E-state index in [1.807, 2.05) is 4.90 Å². The van der Waals surface area contributed by atoms with Gasteiger partial charge in [-0.3, -0.25) is 9.48 Å². The van der Waals surface area contributed by atoms with Crippen LogP contribution in [-0.4, -0.2) is 45.7 Å². The Labute approximate surface area is 228 Å². The zero-order valence-electron chi connectivity index (χ0n) is 21.6. The molecule has 2 atom stereocenters. The van der Waals surface area contributed by atoms with E-state index < -0.39 is 30.2 Å². The van der Waals surface area contributed by atoms with Gasteiger partial charge >= 0.3 is 5.97 Å². The minimum Gasteiger partial charge on any atom is -0.366 e. The van der Waals surface area contributed by atoms with Gasteiger partial charge < -0.3 is 14.5 Å². The lowest BCUT2D eigenvalue weighted by Crippen LogP contribution is -2.36. The number of fused-ring (bicyclic) bond motifs is 1. The summed E-state index contributed by atoms with van der Waals surface area (Å²) in [6.07, 6.45) is 1.39. The van der Waals surface area contributed by atoms with Crippen LogP contribution in [0.3, 0.4) is 0 Å². The molecule has 1 fully saturated rings. The average Bonchev–Trinajstić information content (AvgIpc) is 3.33. The molecule has 39 heavy (non-hydrogen) atoms. The Morgan fingerprint density at radius 1 is 1.26 bits per heavy atom. The molecule has 13 heteroatoms. The van der Waals surface area contributed by atoms with Crippen molar-refractivity contribution in [3.8, 4) is 0 Å². The second kappa shape index (κ2) is 11.4. The topological polar surface area (TPSA) is 104 Å². The van der Waals surface area contributed by atoms with E-state index in [1.54, 1.807) is 29.8 Å². The fourth-order valence-corrected chi connectivity index (χ4v) is 5.53. The standard InChI is InChI=1S/C26H29ClF2N6O4/c1-15(16-7-3-4-8-17(16)24(28)29)34-19-10-11-33(14-18(19)23(32-34)26(37)39-30-2)20-13-31-35(25(36)22(20)27)21-9-5-6-12-38-21/h3-4,7-8,13,15,21,24,30H,5-6,9-12,14H2,1-2H3. The molecule has 2 aromatic heterocycles. The SMILES string of the molecule is CNOC(=O)c1nn(C(C)c2ccccc2C(F)F)c2c1CN(c1cnn(C3CCCCO3)c(=O)c1Cl)CC2. The van der Waals surface area contributed by atoms with Crippen LogP contribution in [0.4, 0.5) is 14.5 Å². The second-order valence-electron chi connectivity index (χ2n) is 9.50. The van der Waals surface area contributed by atoms with Gasteiger partial charge in [0.2, 0.25) is 0 Å². The van der Waals surface area contributed by atoms with Gasteiger partial charge in [0.05, 0.1) is 17.9 Å². The molecule has 1 aromatic carbocycles. The van der Waals surface area contributed by atoms with Gasteiger partial charge in [-0.2, -0.15) is 20.4 Å². The van der Waals surface area contributed by atoms with Crippen LogP contribution in [0.25, 0.3) is 0 Å². The highest BCUT2D eigenvalue weighted by Crippen LogP contribution is 2.35. The quantitative estimate of drug-likeness (QED) is 0.428. The number of hydroxylamine groups is 1. The molecule has 0 radical (unpaired) electrons. The van der Waals surface area contributed by atoms with Gasteiger partial charge in [0.25, 0.3) is 12.0 Å². The summed E-state index contributed by atoms with van der Waals surface area (Å²) in [7, 11) is 1.45. The van der Waals surface area contributed by atoms with Crippen LogP contribution in [0.5, 0.6) is 0 Å². The van der Waals surface area contributed by atoms with Gasteiger partial charge in [0, 0.05) is 50.0 Å². The molecule has 10 nitrogen and oxygen atoms in total. The number of hydrogen-bond acceptors (Lipinski definition) is 8. The summed E-state index contributed by atoms with van der Waals surface area (Å²) in [5, 5.41) is 8.88. The minimum atomic E-state index is -2.66. The summed E-state index contributed by atoms with van der Waals surface area (Å²) in [4.78, 5) is 32.8. The van der Waals surface area contributed by atoms with Crippen molar-refractivity contribution < 1.29 is 23.1 Å². The first-order valence-corrected chi connectivity index (χ1v) is 13.2. The number of ether oxygens (including phenoxy) is 1. The number of benzene rings is 1. The van der Waals surface area contributed by atoms with Crippen molar-refractivity contribution in [2.24, 2.45) is 0 Å². The zero-order chi connectivity index (χ0) is 27.7. The largest absolute Gasteiger partial charge is 0.377 e. The van der Waals surface area contributed by atoms with E-state index in [0.29, 0.717) is 42.8 Å². The molecule has 2 aliphatic heterocycles. The third-order valence-corrected chi connectivity index (χ3v) is 7.57. The first-order valence-electron chi connectivity index (χ1n) is 12.8. The third-order valence-electron chi connectivity index (χ3n) is 7.22. The number of hydrogen-bond donors (Lipinski definition) is 1. The highest BCUT2D eigenvalue weighted by molar-refractivity contribution is 6.33. The van der Waals surface area contributed by atoms with Gasteiger partial charge in [-0.1, -0.05) is 35.9 Å². The van der Waals surface area contributed by atoms with Crippen molar-refractivity contribution in [2.45, 2.75) is 57.8 Å². The molecule has 1 saturated heterocycles. The molecule has 3 aromatic rings. The number of carbonyl (C=O) groups excluding carboxylic acids is 1. The average molecular weight is 563 g/mol. The molecule has 4 heterocycles. The van der Waals surface area contributed by atoms with Gasteiger partial charge in [0.15, 0.2) is 11.9 Å². The predicted octanol–water partition coefficient (Wildman–Crippen LogP) is 4.19. The van der Waals surface area contributed by atoms with Crippen LogP contribution in [-0.2, 0) is 22.5 Å². The lowest BCUT2D eigenvalue weighted by molar-refractivity contribution is -0.0424. The second-order valence-corrected chi connectivity index (χ2v) is 9.88. The van der Waals surface area contributed by atoms with E-state index in [-0.39, 0.29) is 22.8 Å². The van der Waals surface area contributed by atoms with Crippen molar-refractivity contribution in [1.29, 1.82) is 0 Å². The normalized spacial score (nSPS) is 18.2. The molecule has 2 unspecified atom stereocenters. The monoisotopic (exact) mass is 562 g/mol. The Morgan fingerprint density at radius 2 is 2.03 bits per heavy atom. The first kappa shape index (κ1) is 27.2. The smallest absolute Gasteiger partial charge is 0.366 e. The molecule has 0 amide bonds. The van der Waals surface area contributed by atoms with Crippen LogP contribution in [0.1, 0.15) is 77.8 Å². The number of nitrogens with one attached hydrogen (secondary N) is 1. The molecular weight excluding hydrogens is 534 g/mol. The molecule has 208 valence electrons. The molecule has 0 saturated carbocycles. The summed E-state index contributed by atoms with van der Waals surface area (Å²) in [6, 6.07) is 5.71. The van der Waals surface area contributed by atoms with Crippen LogP contribution < -0.4 is 15.9 Å². The van der Waals surface area contributed by atoms with Crippen LogP contribution in [0, 0.1) is 0 Å². The van der Waals surface area contributed by atoms with Gasteiger partial charge in [-0.15, -0.1) is 0 Å². The zero-order valence-corrected chi connectivity index (χ0v) is 22.3. The van der Waals surface area contributed by atoms with Crippen molar-refractivity contribution in [2.75, 3.05) is 25.1 Å². The maximum atomic E-state index is 13.8. The number of carbonyl (C=O) groups is 1. The van der Waals surface area contributed by atoms with Crippen molar-refractivity contribution in [3.63, 3.8) is 0 Å². The van der Waals surface area contributed by atoms with Gasteiger partial charge in [-0.05, 0) is 31.7 Å². The van der Waals surface area contributed by atoms with Gasteiger partial charge in [-0.25, -0.2) is 13.6 Å². The number of halogens is 3. The van der Waals surface area contributed by atoms with E-state index in [2.05, 4.69) is 15.7 Å². The van der Waals surface area contributed by atoms with Crippen LogP contribution in [0.2, 0.25) is 5.02 Å². The van der Waals surface area contributed by atoms with E-state index in [1.165, 1.54) is 24.0 Å². The van der Waals surface area contributed by atoms with Crippen LogP contribution in [0.15, 0.2) is 35.3 Å². The number of alkyl halides is 2. The molecule has 2 aliphatic rings. The van der Waals surface area contributed by atoms with Crippen molar-refractivity contribution in [1.82, 2.24) is 25.0 Å². The maximum Gasteiger partial charge on any atom is 0.377 e. The molecule has 0 aliphatic carbocycles. The number of anilines is 1. The van der Waals surface area contributed by atoms with Gasteiger partial charge in [0.1, 0.15) is 5.02 Å². The van der Waals surface area contributed by atoms with Crippen molar-refractivity contribution >= 4 is 23.3 Å². The molecule has 0 bridgehead atoms. The van der Waals surface area contributed by atoms with Crippen molar-refractivity contribution in [3.05, 3.63) is 73.9 Å². The summed E-state index contributed by atoms with van der Waals surface area (Å²) in [5.41, 5.74) is 4.01. The molecule has 1 N–H and O–H groups in total. The van der Waals surface area contributed by atoms with Crippen LogP contribution >= 0.6 is 11.6 Å². The third kappa shape index (κ3) is 5.15. The van der Waals surface area contributed by atoms with E-state index in [4.69, 9.17) is 21.2 Å².